The lowest BCUT2D eigenvalue weighted by Gasteiger charge is -2.45. The first-order valence-corrected chi connectivity index (χ1v) is 9.64. The highest BCUT2D eigenvalue weighted by atomic mass is 16.2. The number of hydrogen-bond acceptors (Lipinski definition) is 4. The van der Waals surface area contributed by atoms with Gasteiger partial charge in [-0.2, -0.15) is 0 Å². The zero-order valence-corrected chi connectivity index (χ0v) is 16.7. The quantitative estimate of drug-likeness (QED) is 0.826. The van der Waals surface area contributed by atoms with Crippen LogP contribution in [0.1, 0.15) is 73.1 Å². The third kappa shape index (κ3) is 9.38. The molecule has 24 heavy (non-hydrogen) atoms. The molecule has 2 aliphatic heterocycles. The maximum absolute atomic E-state index is 12.2. The lowest BCUT2D eigenvalue weighted by Crippen LogP contribution is -2.50. The van der Waals surface area contributed by atoms with Gasteiger partial charge in [-0.15, -0.1) is 0 Å². The number of nitrogens with one attached hydrogen (secondary N) is 1. The molecule has 1 unspecified atom stereocenters. The summed E-state index contributed by atoms with van der Waals surface area (Å²) in [6.45, 7) is 16.1. The van der Waals surface area contributed by atoms with E-state index in [4.69, 9.17) is 10.5 Å². The zero-order valence-electron chi connectivity index (χ0n) is 16.7. The third-order valence-corrected chi connectivity index (χ3v) is 4.49. The van der Waals surface area contributed by atoms with Gasteiger partial charge in [0.2, 0.25) is 5.91 Å². The first-order chi connectivity index (χ1) is 11.6. The predicted octanol–water partition coefficient (Wildman–Crippen LogP) is 2.97. The van der Waals surface area contributed by atoms with Gasteiger partial charge in [0.15, 0.2) is 0 Å². The summed E-state index contributed by atoms with van der Waals surface area (Å²) in [6, 6.07) is 0.131. The Morgan fingerprint density at radius 2 is 1.71 bits per heavy atom. The first kappa shape index (κ1) is 25.3. The minimum absolute atomic E-state index is 0.131. The molecule has 0 aromatic heterocycles. The van der Waals surface area contributed by atoms with Crippen LogP contribution in [0, 0.1) is 5.41 Å². The largest absolute Gasteiger partial charge is 0.342 e. The minimum atomic E-state index is 0.131. The van der Waals surface area contributed by atoms with Crippen LogP contribution in [-0.2, 0) is 9.59 Å². The van der Waals surface area contributed by atoms with Crippen molar-refractivity contribution in [1.82, 2.24) is 10.2 Å². The smallest absolute Gasteiger partial charge is 0.222 e. The Kier molecular flexibility index (Phi) is 16.4. The molecule has 0 aromatic carbocycles. The highest BCUT2D eigenvalue weighted by Crippen LogP contribution is 2.38. The van der Waals surface area contributed by atoms with E-state index < -0.39 is 0 Å². The SMILES string of the molecule is C=O.CC.CC.CC(N)CCC(=O)N1CCCC2(CCNCC2)C1. The number of nitrogens with zero attached hydrogens (tertiary/aromatic N) is 1. The average molecular weight is 344 g/mol. The molecule has 1 atom stereocenters. The van der Waals surface area contributed by atoms with E-state index in [0.29, 0.717) is 17.7 Å². The number of likely N-dealkylation sites (tertiary alicyclic amines) is 1. The van der Waals surface area contributed by atoms with Crippen LogP contribution in [0.4, 0.5) is 0 Å². The summed E-state index contributed by atoms with van der Waals surface area (Å²) in [5, 5.41) is 3.42. The molecule has 5 heteroatoms. The van der Waals surface area contributed by atoms with Gasteiger partial charge in [-0.1, -0.05) is 27.7 Å². The second-order valence-electron chi connectivity index (χ2n) is 6.18. The highest BCUT2D eigenvalue weighted by molar-refractivity contribution is 5.76. The van der Waals surface area contributed by atoms with E-state index >= 15 is 0 Å². The Balaban J connectivity index is 0. The fourth-order valence-electron chi connectivity index (χ4n) is 3.30. The molecule has 2 fully saturated rings. The van der Waals surface area contributed by atoms with Crippen molar-refractivity contribution >= 4 is 12.7 Å². The monoisotopic (exact) mass is 343 g/mol. The molecule has 2 rings (SSSR count). The molecule has 2 saturated heterocycles. The van der Waals surface area contributed by atoms with Crippen molar-refractivity contribution in [3.05, 3.63) is 0 Å². The van der Waals surface area contributed by atoms with Crippen LogP contribution < -0.4 is 11.1 Å². The predicted molar refractivity (Wildman–Crippen MR) is 103 cm³/mol. The molecule has 5 nitrogen and oxygen atoms in total. The van der Waals surface area contributed by atoms with Gasteiger partial charge in [-0.05, 0) is 57.5 Å². The van der Waals surface area contributed by atoms with Crippen LogP contribution in [-0.4, -0.2) is 49.8 Å². The fourth-order valence-corrected chi connectivity index (χ4v) is 3.30. The number of rotatable bonds is 3. The molecular formula is C19H41N3O2. The Hall–Kier alpha value is -0.940. The minimum Gasteiger partial charge on any atom is -0.342 e. The van der Waals surface area contributed by atoms with E-state index in [1.165, 1.54) is 25.7 Å². The summed E-state index contributed by atoms with van der Waals surface area (Å²) in [5.74, 6) is 0.310. The molecular weight excluding hydrogens is 302 g/mol. The molecule has 0 saturated carbocycles. The summed E-state index contributed by atoms with van der Waals surface area (Å²) >= 11 is 0. The van der Waals surface area contributed by atoms with Crippen molar-refractivity contribution in [2.45, 2.75) is 79.2 Å². The van der Waals surface area contributed by atoms with E-state index in [1.807, 2.05) is 41.4 Å². The van der Waals surface area contributed by atoms with Gasteiger partial charge in [0.05, 0.1) is 0 Å². The summed E-state index contributed by atoms with van der Waals surface area (Å²) < 4.78 is 0. The van der Waals surface area contributed by atoms with Crippen molar-refractivity contribution in [2.75, 3.05) is 26.2 Å². The summed E-state index contributed by atoms with van der Waals surface area (Å²) in [4.78, 5) is 22.3. The van der Waals surface area contributed by atoms with E-state index in [1.54, 1.807) is 0 Å². The van der Waals surface area contributed by atoms with Crippen LogP contribution in [0.3, 0.4) is 0 Å². The summed E-state index contributed by atoms with van der Waals surface area (Å²) in [5.41, 5.74) is 6.14. The van der Waals surface area contributed by atoms with Crippen molar-refractivity contribution in [3.63, 3.8) is 0 Å². The van der Waals surface area contributed by atoms with Gasteiger partial charge in [-0.3, -0.25) is 4.79 Å². The maximum atomic E-state index is 12.2. The number of nitrogens with two attached hydrogens (primary N) is 1. The van der Waals surface area contributed by atoms with Gasteiger partial charge in [0, 0.05) is 25.6 Å². The van der Waals surface area contributed by atoms with E-state index in [0.717, 1.165) is 32.6 Å². The van der Waals surface area contributed by atoms with Gasteiger partial charge in [-0.25, -0.2) is 0 Å². The van der Waals surface area contributed by atoms with Crippen molar-refractivity contribution < 1.29 is 9.59 Å². The number of hydrogen-bond donors (Lipinski definition) is 2. The van der Waals surface area contributed by atoms with Crippen LogP contribution in [0.2, 0.25) is 0 Å². The molecule has 3 N–H and O–H groups in total. The molecule has 144 valence electrons. The average Bonchev–Trinajstić information content (AvgIpc) is 2.65. The number of amides is 1. The van der Waals surface area contributed by atoms with Crippen LogP contribution in [0.15, 0.2) is 0 Å². The van der Waals surface area contributed by atoms with Crippen LogP contribution >= 0.6 is 0 Å². The normalized spacial score (nSPS) is 19.5. The lowest BCUT2D eigenvalue weighted by molar-refractivity contribution is -0.135. The third-order valence-electron chi connectivity index (χ3n) is 4.49. The molecule has 0 radical (unpaired) electrons. The molecule has 1 amide bonds. The maximum Gasteiger partial charge on any atom is 0.222 e. The Labute approximate surface area is 149 Å². The second-order valence-corrected chi connectivity index (χ2v) is 6.18. The Morgan fingerprint density at radius 1 is 1.17 bits per heavy atom. The second kappa shape index (κ2) is 15.6. The number of carbonyl (C=O) groups is 2. The van der Waals surface area contributed by atoms with Crippen molar-refractivity contribution in [1.29, 1.82) is 0 Å². The summed E-state index contributed by atoms with van der Waals surface area (Å²) in [6.07, 6.45) is 6.35. The van der Waals surface area contributed by atoms with Crippen LogP contribution in [0.25, 0.3) is 0 Å². The fraction of sp³-hybridized carbons (Fsp3) is 0.895. The molecule has 0 bridgehead atoms. The van der Waals surface area contributed by atoms with E-state index in [-0.39, 0.29) is 6.04 Å². The van der Waals surface area contributed by atoms with E-state index in [2.05, 4.69) is 10.2 Å². The van der Waals surface area contributed by atoms with E-state index in [9.17, 15) is 4.79 Å². The highest BCUT2D eigenvalue weighted by Gasteiger charge is 2.37. The van der Waals surface area contributed by atoms with Gasteiger partial charge < -0.3 is 20.7 Å². The molecule has 2 heterocycles. The topological polar surface area (TPSA) is 75.4 Å². The zero-order chi connectivity index (χ0) is 19.0. The lowest BCUT2D eigenvalue weighted by atomic mass is 9.73. The number of carbonyl (C=O) groups excluding carboxylic acids is 2. The van der Waals surface area contributed by atoms with Crippen LogP contribution in [0.5, 0.6) is 0 Å². The molecule has 2 aliphatic rings. The standard InChI is InChI=1S/C14H27N3O.2C2H6.CH2O/c1-12(15)3-4-13(18)17-10-2-5-14(11-17)6-8-16-9-7-14;3*1-2/h12,16H,2-11,15H2,1H3;2*1-2H3;1H2. The molecule has 0 aromatic rings. The summed E-state index contributed by atoms with van der Waals surface area (Å²) in [7, 11) is 0. The number of piperidine rings is 2. The molecule has 1 spiro atoms. The van der Waals surface area contributed by atoms with Gasteiger partial charge in [0.25, 0.3) is 0 Å². The molecule has 0 aliphatic carbocycles. The Morgan fingerprint density at radius 3 is 2.21 bits per heavy atom. The first-order valence-electron chi connectivity index (χ1n) is 9.64. The van der Waals surface area contributed by atoms with Gasteiger partial charge in [0.1, 0.15) is 6.79 Å². The van der Waals surface area contributed by atoms with Crippen molar-refractivity contribution in [2.24, 2.45) is 11.1 Å². The Bertz CT molecular complexity index is 297. The van der Waals surface area contributed by atoms with Gasteiger partial charge >= 0.3 is 0 Å². The van der Waals surface area contributed by atoms with Crippen molar-refractivity contribution in [3.8, 4) is 0 Å².